The minimum Gasteiger partial charge on any atom is -0.457 e. The molecule has 0 bridgehead atoms. The number of ether oxygens (including phenoxy) is 2. The maximum absolute atomic E-state index is 12.7. The molecule has 174 valence electrons. The second-order valence-corrected chi connectivity index (χ2v) is 12.1. The van der Waals surface area contributed by atoms with E-state index in [1.807, 2.05) is 48.5 Å². The van der Waals surface area contributed by atoms with Gasteiger partial charge in [0.15, 0.2) is 6.10 Å². The molecule has 8 nitrogen and oxygen atoms in total. The molecule has 2 unspecified atom stereocenters. The van der Waals surface area contributed by atoms with Gasteiger partial charge >= 0.3 is 14.1 Å². The molecule has 0 radical (unpaired) electrons. The van der Waals surface area contributed by atoms with Gasteiger partial charge in [0.25, 0.3) is 0 Å². The van der Waals surface area contributed by atoms with E-state index in [1.165, 1.54) is 14.2 Å². The second-order valence-electron chi connectivity index (χ2n) is 10.3. The largest absolute Gasteiger partial charge is 0.572 e. The molecule has 0 rings (SSSR count). The predicted octanol–water partition coefficient (Wildman–Crippen LogP) is 3.87. The molecule has 9 heteroatoms. The molecule has 3 N–H and O–H groups in total. The highest BCUT2D eigenvalue weighted by molar-refractivity contribution is 7.55. The Balaban J connectivity index is 5.18. The minimum atomic E-state index is -3.65. The molecule has 0 fully saturated rings. The van der Waals surface area contributed by atoms with E-state index in [9.17, 15) is 9.69 Å². The van der Waals surface area contributed by atoms with Crippen molar-refractivity contribution in [2.75, 3.05) is 27.4 Å². The molecular weight excluding hydrogens is 397 g/mol. The Bertz CT molecular complexity index is 526. The van der Waals surface area contributed by atoms with Crippen LogP contribution in [0.25, 0.3) is 0 Å². The zero-order valence-electron chi connectivity index (χ0n) is 20.1. The number of nitrogens with two attached hydrogens (primary N) is 1. The summed E-state index contributed by atoms with van der Waals surface area (Å²) in [5.41, 5.74) is 3.74. The van der Waals surface area contributed by atoms with E-state index in [2.05, 4.69) is 0 Å². The summed E-state index contributed by atoms with van der Waals surface area (Å²) in [6, 6.07) is 0. The van der Waals surface area contributed by atoms with Gasteiger partial charge in [-0.2, -0.15) is 9.42 Å². The molecule has 0 aromatic heterocycles. The topological polar surface area (TPSA) is 109 Å². The van der Waals surface area contributed by atoms with Gasteiger partial charge in [-0.15, -0.1) is 9.05 Å². The van der Waals surface area contributed by atoms with Crippen molar-refractivity contribution < 1.29 is 32.7 Å². The van der Waals surface area contributed by atoms with Gasteiger partial charge in [-0.05, 0) is 53.4 Å². The fourth-order valence-electron chi connectivity index (χ4n) is 2.64. The van der Waals surface area contributed by atoms with Gasteiger partial charge in [-0.25, -0.2) is 0 Å². The highest BCUT2D eigenvalue weighted by Gasteiger charge is 2.51. The molecule has 0 aliphatic carbocycles. The van der Waals surface area contributed by atoms with Gasteiger partial charge in [-0.3, -0.25) is 4.79 Å². The third kappa shape index (κ3) is 10.0. The molecule has 0 saturated heterocycles. The number of carbonyl (C=O) groups excluding carboxylic acids is 1. The summed E-state index contributed by atoms with van der Waals surface area (Å²) in [6.45, 7) is 16.9. The van der Waals surface area contributed by atoms with E-state index in [-0.39, 0.29) is 24.6 Å². The SMILES string of the molecule is COCC(CO[P+](O)(OC)OC(C)(C)CC(C)(C)N)OC(=O)C(C)(C)C(C)(C)C. The van der Waals surface area contributed by atoms with Crippen molar-refractivity contribution in [3.63, 3.8) is 0 Å². The fraction of sp³-hybridized carbons (Fsp3) is 0.950. The zero-order chi connectivity index (χ0) is 23.3. The number of methoxy groups -OCH3 is 1. The van der Waals surface area contributed by atoms with Crippen molar-refractivity contribution in [1.29, 1.82) is 0 Å². The third-order valence-corrected chi connectivity index (χ3v) is 6.57. The van der Waals surface area contributed by atoms with Gasteiger partial charge in [0.05, 0.1) is 19.1 Å². The van der Waals surface area contributed by atoms with Crippen LogP contribution in [0.2, 0.25) is 0 Å². The first-order valence-corrected chi connectivity index (χ1v) is 11.3. The van der Waals surface area contributed by atoms with Crippen LogP contribution in [0.4, 0.5) is 0 Å². The van der Waals surface area contributed by atoms with Gasteiger partial charge < -0.3 is 15.2 Å². The smallest absolute Gasteiger partial charge is 0.457 e. The van der Waals surface area contributed by atoms with Crippen LogP contribution in [-0.2, 0) is 27.8 Å². The summed E-state index contributed by atoms with van der Waals surface area (Å²) < 4.78 is 27.2. The average molecular weight is 441 g/mol. The second kappa shape index (κ2) is 10.3. The number of hydrogen-bond acceptors (Lipinski definition) is 8. The summed E-state index contributed by atoms with van der Waals surface area (Å²) in [5.74, 6) is -0.374. The van der Waals surface area contributed by atoms with E-state index in [0.717, 1.165) is 0 Å². The van der Waals surface area contributed by atoms with E-state index in [0.29, 0.717) is 6.42 Å². The zero-order valence-corrected chi connectivity index (χ0v) is 21.0. The third-order valence-electron chi connectivity index (χ3n) is 4.91. The van der Waals surface area contributed by atoms with Gasteiger partial charge in [0, 0.05) is 12.6 Å². The van der Waals surface area contributed by atoms with E-state index >= 15 is 0 Å². The first-order chi connectivity index (χ1) is 12.8. The first-order valence-electron chi connectivity index (χ1n) is 9.80. The number of rotatable bonds is 12. The molecule has 29 heavy (non-hydrogen) atoms. The van der Waals surface area contributed by atoms with Crippen LogP contribution in [0, 0.1) is 10.8 Å². The maximum atomic E-state index is 12.7. The van der Waals surface area contributed by atoms with Crippen LogP contribution in [0.3, 0.4) is 0 Å². The van der Waals surface area contributed by atoms with Crippen molar-refractivity contribution in [2.45, 2.75) is 86.0 Å². The number of esters is 1. The van der Waals surface area contributed by atoms with Crippen molar-refractivity contribution in [3.8, 4) is 0 Å². The molecule has 0 heterocycles. The minimum absolute atomic E-state index is 0.106. The maximum Gasteiger partial charge on any atom is 0.572 e. The van der Waals surface area contributed by atoms with E-state index in [4.69, 9.17) is 28.8 Å². The molecule has 0 spiro atoms. The Hall–Kier alpha value is -0.340. The molecule has 0 saturated carbocycles. The Morgan fingerprint density at radius 2 is 1.52 bits per heavy atom. The molecule has 0 aliphatic rings. The Morgan fingerprint density at radius 1 is 1.00 bits per heavy atom. The lowest BCUT2D eigenvalue weighted by molar-refractivity contribution is -0.171. The number of carbonyl (C=O) groups is 1. The monoisotopic (exact) mass is 440 g/mol. The highest BCUT2D eigenvalue weighted by atomic mass is 31.2. The van der Waals surface area contributed by atoms with Gasteiger partial charge in [0.1, 0.15) is 12.2 Å². The molecular formula is C20H43NO7P+. The summed E-state index contributed by atoms with van der Waals surface area (Å²) in [5, 5.41) is 0. The summed E-state index contributed by atoms with van der Waals surface area (Å²) in [4.78, 5) is 23.4. The summed E-state index contributed by atoms with van der Waals surface area (Å²) >= 11 is 0. The van der Waals surface area contributed by atoms with Crippen LogP contribution in [0.5, 0.6) is 0 Å². The summed E-state index contributed by atoms with van der Waals surface area (Å²) in [7, 11) is -0.855. The normalized spacial score (nSPS) is 17.0. The standard InChI is InChI=1S/C20H43NO7P/c1-17(2,3)20(8,9)16(22)27-15(12-24-10)13-26-29(23,25-11)28-19(6,7)14-18(4,5)21/h15,23H,12-14,21H2,1-11H3/q+1. The number of hydrogen-bond donors (Lipinski definition) is 2. The van der Waals surface area contributed by atoms with E-state index in [1.54, 1.807) is 13.8 Å². The van der Waals surface area contributed by atoms with Crippen LogP contribution >= 0.6 is 8.17 Å². The summed E-state index contributed by atoms with van der Waals surface area (Å²) in [6.07, 6.45) is -0.265. The lowest BCUT2D eigenvalue weighted by atomic mass is 9.69. The van der Waals surface area contributed by atoms with Gasteiger partial charge in [-0.1, -0.05) is 20.8 Å². The highest BCUT2D eigenvalue weighted by Crippen LogP contribution is 2.60. The van der Waals surface area contributed by atoms with Crippen LogP contribution in [0.1, 0.15) is 68.7 Å². The average Bonchev–Trinajstić information content (AvgIpc) is 2.48. The first kappa shape index (κ1) is 28.7. The molecule has 0 aromatic carbocycles. The fourth-order valence-corrected chi connectivity index (χ4v) is 3.92. The van der Waals surface area contributed by atoms with E-state index < -0.39 is 30.8 Å². The van der Waals surface area contributed by atoms with Gasteiger partial charge in [0.2, 0.25) is 0 Å². The van der Waals surface area contributed by atoms with Crippen LogP contribution < -0.4 is 5.73 Å². The lowest BCUT2D eigenvalue weighted by Gasteiger charge is -2.37. The quantitative estimate of drug-likeness (QED) is 0.348. The van der Waals surface area contributed by atoms with Crippen molar-refractivity contribution >= 4 is 14.1 Å². The van der Waals surface area contributed by atoms with Crippen molar-refractivity contribution in [2.24, 2.45) is 16.6 Å². The Kier molecular flexibility index (Phi) is 10.2. The Morgan fingerprint density at radius 3 is 1.90 bits per heavy atom. The molecule has 0 aromatic rings. The van der Waals surface area contributed by atoms with Crippen molar-refractivity contribution in [3.05, 3.63) is 0 Å². The Labute approximate surface area is 177 Å². The molecule has 0 amide bonds. The van der Waals surface area contributed by atoms with Crippen molar-refractivity contribution in [1.82, 2.24) is 0 Å². The van der Waals surface area contributed by atoms with Crippen LogP contribution in [0.15, 0.2) is 0 Å². The van der Waals surface area contributed by atoms with Crippen LogP contribution in [-0.4, -0.2) is 55.5 Å². The predicted molar refractivity (Wildman–Crippen MR) is 115 cm³/mol. The molecule has 0 aliphatic heterocycles. The molecule has 2 atom stereocenters. The lowest BCUT2D eigenvalue weighted by Crippen LogP contribution is -2.43.